The molecule has 2 fully saturated rings. The van der Waals surface area contributed by atoms with Crippen molar-refractivity contribution < 1.29 is 86.0 Å². The summed E-state index contributed by atoms with van der Waals surface area (Å²) < 4.78 is 53.9. The fourth-order valence-electron chi connectivity index (χ4n) is 4.49. The molecule has 3 unspecified atom stereocenters. The molecule has 0 amide bonds. The summed E-state index contributed by atoms with van der Waals surface area (Å²) in [7, 11) is 0. The molecule has 0 aliphatic carbocycles. The number of aliphatic hydroxyl groups excluding tert-OH is 1. The van der Waals surface area contributed by atoms with Gasteiger partial charge < -0.3 is 52.5 Å². The molecule has 18 nitrogen and oxygen atoms in total. The lowest BCUT2D eigenvalue weighted by Gasteiger charge is -2.47. The molecule has 0 radical (unpaired) electrons. The second kappa shape index (κ2) is 16.3. The van der Waals surface area contributed by atoms with Gasteiger partial charge in [-0.05, 0) is 0 Å². The largest absolute Gasteiger partial charge is 0.463 e. The van der Waals surface area contributed by atoms with Gasteiger partial charge in [0.2, 0.25) is 0 Å². The lowest BCUT2D eigenvalue weighted by molar-refractivity contribution is -0.363. The van der Waals surface area contributed by atoms with Gasteiger partial charge >= 0.3 is 41.8 Å². The fourth-order valence-corrected chi connectivity index (χ4v) is 4.49. The predicted molar refractivity (Wildman–Crippen MR) is 135 cm³/mol. The van der Waals surface area contributed by atoms with Crippen LogP contribution in [-0.4, -0.2) is 122 Å². The number of hydrogen-bond donors (Lipinski definition) is 1. The Labute approximate surface area is 251 Å². The summed E-state index contributed by atoms with van der Waals surface area (Å²) in [4.78, 5) is 83.3. The first-order valence-electron chi connectivity index (χ1n) is 13.3. The average molecular weight is 637 g/mol. The van der Waals surface area contributed by atoms with Crippen LogP contribution in [0, 0.1) is 0 Å². The van der Waals surface area contributed by atoms with Crippen LogP contribution in [0.25, 0.3) is 0 Å². The highest BCUT2D eigenvalue weighted by molar-refractivity contribution is 5.69. The molecule has 18 heteroatoms. The second-order valence-electron chi connectivity index (χ2n) is 9.68. The van der Waals surface area contributed by atoms with E-state index in [0.717, 1.165) is 48.5 Å². The molecule has 0 saturated carbocycles. The van der Waals surface area contributed by atoms with Gasteiger partial charge in [-0.1, -0.05) is 0 Å². The highest BCUT2D eigenvalue weighted by Gasteiger charge is 2.57. The van der Waals surface area contributed by atoms with Crippen LogP contribution in [0.15, 0.2) is 0 Å². The van der Waals surface area contributed by atoms with Gasteiger partial charge in [-0.3, -0.25) is 33.6 Å². The van der Waals surface area contributed by atoms with Crippen LogP contribution in [0.3, 0.4) is 0 Å². The summed E-state index contributed by atoms with van der Waals surface area (Å²) in [5.74, 6) is -5.97. The van der Waals surface area contributed by atoms with Crippen LogP contribution in [0.1, 0.15) is 48.5 Å². The van der Waals surface area contributed by atoms with Crippen molar-refractivity contribution in [1.82, 2.24) is 0 Å². The number of ether oxygens (including phenoxy) is 10. The number of carbonyl (C=O) groups excluding carboxylic acids is 7. The maximum Gasteiger partial charge on any atom is 0.303 e. The highest BCUT2D eigenvalue weighted by atomic mass is 16.8. The van der Waals surface area contributed by atoms with Crippen LogP contribution < -0.4 is 0 Å². The number of aliphatic hydroxyl groups is 1. The van der Waals surface area contributed by atoms with Crippen LogP contribution in [0.4, 0.5) is 0 Å². The Morgan fingerprint density at radius 2 is 0.818 bits per heavy atom. The predicted octanol–water partition coefficient (Wildman–Crippen LogP) is -1.40. The van der Waals surface area contributed by atoms with E-state index >= 15 is 0 Å². The standard InChI is InChI=1S/C26H36O18/c1-10(27)35-8-17-19(37-12(3)29)21(39-14(5)31)23(25(34)42-17)44-26-24(41-16(7)33)22(40-15(6)32)20(38-13(4)30)18(43-26)9-36-11(2)28/h17-26,34H,8-9H2,1-7H3/t17?,18?,19-,20-,21+,22+,23-,24-,25?,26+/m1/s1. The molecule has 44 heavy (non-hydrogen) atoms. The van der Waals surface area contributed by atoms with E-state index in [0.29, 0.717) is 0 Å². The average Bonchev–Trinajstić information content (AvgIpc) is 2.87. The van der Waals surface area contributed by atoms with Crippen molar-refractivity contribution in [3.63, 3.8) is 0 Å². The number of esters is 7. The topological polar surface area (TPSA) is 232 Å². The van der Waals surface area contributed by atoms with Crippen LogP contribution >= 0.6 is 0 Å². The Morgan fingerprint density at radius 1 is 0.477 bits per heavy atom. The lowest BCUT2D eigenvalue weighted by Crippen LogP contribution is -2.67. The molecule has 2 saturated heterocycles. The molecule has 2 rings (SSSR count). The third kappa shape index (κ3) is 10.7. The molecule has 0 aromatic heterocycles. The van der Waals surface area contributed by atoms with Gasteiger partial charge in [-0.15, -0.1) is 0 Å². The van der Waals surface area contributed by atoms with Gasteiger partial charge in [-0.2, -0.15) is 0 Å². The lowest BCUT2D eigenvalue weighted by atomic mass is 9.96. The minimum Gasteiger partial charge on any atom is -0.463 e. The molecule has 10 atom stereocenters. The van der Waals surface area contributed by atoms with Gasteiger partial charge in [0, 0.05) is 48.5 Å². The molecular weight excluding hydrogens is 600 g/mol. The van der Waals surface area contributed by atoms with E-state index in [4.69, 9.17) is 47.4 Å². The Morgan fingerprint density at radius 3 is 1.20 bits per heavy atom. The maximum absolute atomic E-state index is 12.1. The van der Waals surface area contributed by atoms with E-state index in [2.05, 4.69) is 0 Å². The number of hydrogen-bond acceptors (Lipinski definition) is 18. The van der Waals surface area contributed by atoms with Crippen molar-refractivity contribution in [3.8, 4) is 0 Å². The van der Waals surface area contributed by atoms with Crippen molar-refractivity contribution in [2.75, 3.05) is 13.2 Å². The first kappa shape index (κ1) is 36.3. The maximum atomic E-state index is 12.1. The highest BCUT2D eigenvalue weighted by Crippen LogP contribution is 2.34. The fraction of sp³-hybridized carbons (Fsp3) is 0.731. The minimum absolute atomic E-state index is 0.534. The zero-order chi connectivity index (χ0) is 33.3. The summed E-state index contributed by atoms with van der Waals surface area (Å²) in [6.45, 7) is 6.19. The molecule has 1 N–H and O–H groups in total. The Hall–Kier alpha value is -3.87. The smallest absolute Gasteiger partial charge is 0.303 e. The van der Waals surface area contributed by atoms with Crippen molar-refractivity contribution in [2.45, 2.75) is 110 Å². The minimum atomic E-state index is -1.99. The summed E-state index contributed by atoms with van der Waals surface area (Å²) in [6.07, 6.45) is -16.3. The van der Waals surface area contributed by atoms with Gasteiger partial charge in [0.1, 0.15) is 25.4 Å². The molecule has 2 aliphatic rings. The zero-order valence-electron chi connectivity index (χ0n) is 25.1. The molecule has 0 spiro atoms. The molecule has 0 aromatic rings. The summed E-state index contributed by atoms with van der Waals surface area (Å²) in [5, 5.41) is 11.0. The Bertz CT molecular complexity index is 1090. The van der Waals surface area contributed by atoms with Crippen LogP contribution in [0.5, 0.6) is 0 Å². The Kier molecular flexibility index (Phi) is 13.4. The number of carbonyl (C=O) groups is 7. The van der Waals surface area contributed by atoms with Gasteiger partial charge in [0.15, 0.2) is 49.2 Å². The first-order valence-corrected chi connectivity index (χ1v) is 13.3. The monoisotopic (exact) mass is 636 g/mol. The van der Waals surface area contributed by atoms with E-state index < -0.39 is 116 Å². The SMILES string of the molecule is CC(=O)OCC1O[C@@H](O[C@H]2C(O)OC(COC(C)=O)[C@@H](OC(C)=O)[C@@H]2OC(C)=O)[C@H](OC(C)=O)[C@@H](OC(C)=O)[C@@H]1OC(C)=O. The molecule has 248 valence electrons. The van der Waals surface area contributed by atoms with Crippen LogP contribution in [-0.2, 0) is 80.9 Å². The van der Waals surface area contributed by atoms with Crippen molar-refractivity contribution in [1.29, 1.82) is 0 Å². The molecule has 0 aromatic carbocycles. The molecular formula is C26H36O18. The molecule has 0 bridgehead atoms. The quantitative estimate of drug-likeness (QED) is 0.203. The second-order valence-corrected chi connectivity index (χ2v) is 9.68. The van der Waals surface area contributed by atoms with E-state index in [-0.39, 0.29) is 0 Å². The van der Waals surface area contributed by atoms with Gasteiger partial charge in [0.25, 0.3) is 0 Å². The third-order valence-electron chi connectivity index (χ3n) is 5.90. The van der Waals surface area contributed by atoms with Gasteiger partial charge in [0.05, 0.1) is 0 Å². The Balaban J connectivity index is 2.59. The third-order valence-corrected chi connectivity index (χ3v) is 5.90. The molecule has 2 heterocycles. The number of rotatable bonds is 11. The normalized spacial score (nSPS) is 31.5. The van der Waals surface area contributed by atoms with Gasteiger partial charge in [-0.25, -0.2) is 0 Å². The summed E-state index contributed by atoms with van der Waals surface area (Å²) in [5.41, 5.74) is 0. The molecule has 2 aliphatic heterocycles. The summed E-state index contributed by atoms with van der Waals surface area (Å²) >= 11 is 0. The van der Waals surface area contributed by atoms with Crippen LogP contribution in [0.2, 0.25) is 0 Å². The van der Waals surface area contributed by atoms with Crippen molar-refractivity contribution in [3.05, 3.63) is 0 Å². The van der Waals surface area contributed by atoms with E-state index in [1.807, 2.05) is 0 Å². The van der Waals surface area contributed by atoms with E-state index in [1.54, 1.807) is 0 Å². The summed E-state index contributed by atoms with van der Waals surface area (Å²) in [6, 6.07) is 0. The van der Waals surface area contributed by atoms with Crippen molar-refractivity contribution >= 4 is 41.8 Å². The van der Waals surface area contributed by atoms with E-state index in [9.17, 15) is 38.7 Å². The van der Waals surface area contributed by atoms with E-state index in [1.165, 1.54) is 0 Å². The zero-order valence-corrected chi connectivity index (χ0v) is 25.1. The first-order chi connectivity index (χ1) is 20.5. The van der Waals surface area contributed by atoms with Crippen molar-refractivity contribution in [2.24, 2.45) is 0 Å².